The summed E-state index contributed by atoms with van der Waals surface area (Å²) in [6.07, 6.45) is 4.00. The highest BCUT2D eigenvalue weighted by Gasteiger charge is 2.15. The van der Waals surface area contributed by atoms with Crippen molar-refractivity contribution in [2.45, 2.75) is 18.8 Å². The summed E-state index contributed by atoms with van der Waals surface area (Å²) in [5.41, 5.74) is 2.64. The maximum absolute atomic E-state index is 9.51. The molecular formula is C17H22N6O2. The van der Waals surface area contributed by atoms with Crippen molar-refractivity contribution < 1.29 is 10.2 Å². The summed E-state index contributed by atoms with van der Waals surface area (Å²) in [5, 5.41) is 25.1. The third kappa shape index (κ3) is 4.58. The Morgan fingerprint density at radius 2 is 1.96 bits per heavy atom. The summed E-state index contributed by atoms with van der Waals surface area (Å²) in [6, 6.07) is 10.1. The number of imidazole rings is 1. The highest BCUT2D eigenvalue weighted by molar-refractivity contribution is 5.68. The van der Waals surface area contributed by atoms with E-state index < -0.39 is 6.10 Å². The van der Waals surface area contributed by atoms with E-state index in [9.17, 15) is 5.11 Å². The van der Waals surface area contributed by atoms with Crippen LogP contribution in [0.3, 0.4) is 0 Å². The number of hydrogen-bond acceptors (Lipinski definition) is 7. The fourth-order valence-electron chi connectivity index (χ4n) is 2.56. The Hall–Kier alpha value is -2.39. The number of fused-ring (bicyclic) bond motifs is 1. The molecule has 4 N–H and O–H groups in total. The smallest absolute Gasteiger partial charge is 0.164 e. The Kier molecular flexibility index (Phi) is 6.02. The van der Waals surface area contributed by atoms with Crippen molar-refractivity contribution >= 4 is 11.2 Å². The van der Waals surface area contributed by atoms with E-state index in [0.717, 1.165) is 11.2 Å². The van der Waals surface area contributed by atoms with Gasteiger partial charge in [0.2, 0.25) is 0 Å². The Morgan fingerprint density at radius 1 is 1.12 bits per heavy atom. The first-order valence-corrected chi connectivity index (χ1v) is 8.17. The van der Waals surface area contributed by atoms with Gasteiger partial charge in [-0.25, -0.2) is 15.0 Å². The van der Waals surface area contributed by atoms with Gasteiger partial charge in [0, 0.05) is 19.6 Å². The fraction of sp³-hybridized carbons (Fsp3) is 0.353. The molecule has 0 saturated heterocycles. The van der Waals surface area contributed by atoms with Crippen LogP contribution in [-0.2, 0) is 6.54 Å². The Morgan fingerprint density at radius 3 is 2.76 bits per heavy atom. The summed E-state index contributed by atoms with van der Waals surface area (Å²) < 4.78 is 1.94. The summed E-state index contributed by atoms with van der Waals surface area (Å²) in [4.78, 5) is 12.6. The summed E-state index contributed by atoms with van der Waals surface area (Å²) in [6.45, 7) is 1.26. The van der Waals surface area contributed by atoms with Crippen LogP contribution in [0, 0.1) is 0 Å². The molecule has 0 bridgehead atoms. The van der Waals surface area contributed by atoms with Crippen LogP contribution in [0.25, 0.3) is 11.2 Å². The summed E-state index contributed by atoms with van der Waals surface area (Å²) in [5.74, 6) is 0. The average molecular weight is 342 g/mol. The maximum atomic E-state index is 9.51. The van der Waals surface area contributed by atoms with E-state index in [2.05, 4.69) is 37.7 Å². The van der Waals surface area contributed by atoms with Gasteiger partial charge in [-0.2, -0.15) is 0 Å². The molecule has 8 nitrogen and oxygen atoms in total. The largest absolute Gasteiger partial charge is 0.394 e. The minimum absolute atomic E-state index is 0.119. The number of nitrogens with one attached hydrogen (secondary N) is 2. The molecule has 2 aromatic heterocycles. The third-order valence-electron chi connectivity index (χ3n) is 3.89. The van der Waals surface area contributed by atoms with E-state index in [1.165, 1.54) is 11.9 Å². The lowest BCUT2D eigenvalue weighted by atomic mass is 10.2. The number of aliphatic hydroxyl groups is 2. The van der Waals surface area contributed by atoms with E-state index in [-0.39, 0.29) is 12.8 Å². The molecule has 0 saturated carbocycles. The van der Waals surface area contributed by atoms with Crippen LogP contribution >= 0.6 is 0 Å². The second-order valence-corrected chi connectivity index (χ2v) is 5.76. The van der Waals surface area contributed by atoms with Crippen molar-refractivity contribution in [2.75, 3.05) is 19.7 Å². The van der Waals surface area contributed by atoms with Crippen molar-refractivity contribution in [1.29, 1.82) is 0 Å². The van der Waals surface area contributed by atoms with E-state index in [1.807, 2.05) is 22.8 Å². The lowest BCUT2D eigenvalue weighted by molar-refractivity contribution is 0.0933. The van der Waals surface area contributed by atoms with Gasteiger partial charge in [-0.15, -0.1) is 0 Å². The number of nitrogens with zero attached hydrogens (tertiary/aromatic N) is 4. The average Bonchev–Trinajstić information content (AvgIpc) is 3.09. The summed E-state index contributed by atoms with van der Waals surface area (Å²) >= 11 is 0. The Labute approximate surface area is 145 Å². The van der Waals surface area contributed by atoms with E-state index in [0.29, 0.717) is 19.6 Å². The first-order valence-electron chi connectivity index (χ1n) is 8.17. The molecule has 0 aliphatic carbocycles. The number of benzene rings is 1. The highest BCUT2D eigenvalue weighted by Crippen LogP contribution is 2.13. The van der Waals surface area contributed by atoms with Crippen LogP contribution in [0.5, 0.6) is 0 Å². The Balaban J connectivity index is 1.73. The molecule has 25 heavy (non-hydrogen) atoms. The first kappa shape index (κ1) is 17.4. The van der Waals surface area contributed by atoms with Crippen molar-refractivity contribution in [3.8, 4) is 0 Å². The second kappa shape index (κ2) is 8.63. The molecule has 3 rings (SSSR count). The SMILES string of the molecule is OCC(O)CNCC(NCc1ccccc1)n1cnc2cncnc21. The molecule has 0 aliphatic rings. The van der Waals surface area contributed by atoms with Crippen LogP contribution in [0.15, 0.2) is 49.2 Å². The van der Waals surface area contributed by atoms with Gasteiger partial charge in [0.05, 0.1) is 31.4 Å². The van der Waals surface area contributed by atoms with Gasteiger partial charge < -0.3 is 15.5 Å². The molecule has 2 atom stereocenters. The quantitative estimate of drug-likeness (QED) is 0.435. The van der Waals surface area contributed by atoms with Crippen molar-refractivity contribution in [3.05, 3.63) is 54.7 Å². The normalized spacial score (nSPS) is 13.8. The van der Waals surface area contributed by atoms with Crippen molar-refractivity contribution in [2.24, 2.45) is 0 Å². The Bertz CT molecular complexity index is 779. The van der Waals surface area contributed by atoms with Gasteiger partial charge in [-0.1, -0.05) is 30.3 Å². The molecule has 2 heterocycles. The van der Waals surface area contributed by atoms with Gasteiger partial charge in [-0.3, -0.25) is 9.88 Å². The molecule has 0 spiro atoms. The van der Waals surface area contributed by atoms with E-state index in [1.54, 1.807) is 12.5 Å². The van der Waals surface area contributed by atoms with E-state index in [4.69, 9.17) is 5.11 Å². The molecule has 3 aromatic rings. The molecule has 2 unspecified atom stereocenters. The molecular weight excluding hydrogens is 320 g/mol. The first-order chi connectivity index (χ1) is 12.3. The number of aromatic nitrogens is 4. The number of rotatable bonds is 9. The summed E-state index contributed by atoms with van der Waals surface area (Å²) in [7, 11) is 0. The van der Waals surface area contributed by atoms with Gasteiger partial charge >= 0.3 is 0 Å². The lowest BCUT2D eigenvalue weighted by Gasteiger charge is -2.22. The highest BCUT2D eigenvalue weighted by atomic mass is 16.3. The minimum atomic E-state index is -0.781. The zero-order chi connectivity index (χ0) is 17.5. The number of aliphatic hydroxyl groups excluding tert-OH is 2. The van der Waals surface area contributed by atoms with Gasteiger partial charge in [-0.05, 0) is 5.56 Å². The van der Waals surface area contributed by atoms with E-state index >= 15 is 0 Å². The van der Waals surface area contributed by atoms with Crippen molar-refractivity contribution in [1.82, 2.24) is 30.2 Å². The maximum Gasteiger partial charge on any atom is 0.164 e. The standard InChI is InChI=1S/C17H22N6O2/c24-10-14(25)7-18-9-16(20-6-13-4-2-1-3-5-13)23-12-22-15-8-19-11-21-17(15)23/h1-5,8,11-12,14,16,18,20,24-25H,6-7,9-10H2. The van der Waals surface area contributed by atoms with Crippen LogP contribution in [0.4, 0.5) is 0 Å². The third-order valence-corrected chi connectivity index (χ3v) is 3.89. The molecule has 132 valence electrons. The lowest BCUT2D eigenvalue weighted by Crippen LogP contribution is -2.39. The van der Waals surface area contributed by atoms with Crippen LogP contribution in [0.2, 0.25) is 0 Å². The predicted octanol–water partition coefficient (Wildman–Crippen LogP) is 0.0575. The zero-order valence-corrected chi connectivity index (χ0v) is 13.8. The second-order valence-electron chi connectivity index (χ2n) is 5.76. The predicted molar refractivity (Wildman–Crippen MR) is 93.6 cm³/mol. The van der Waals surface area contributed by atoms with Crippen LogP contribution in [0.1, 0.15) is 11.7 Å². The van der Waals surface area contributed by atoms with Gasteiger partial charge in [0.25, 0.3) is 0 Å². The zero-order valence-electron chi connectivity index (χ0n) is 13.8. The fourth-order valence-corrected chi connectivity index (χ4v) is 2.56. The molecule has 8 heteroatoms. The van der Waals surface area contributed by atoms with Crippen LogP contribution < -0.4 is 10.6 Å². The molecule has 0 radical (unpaired) electrons. The minimum Gasteiger partial charge on any atom is -0.394 e. The monoisotopic (exact) mass is 342 g/mol. The molecule has 0 amide bonds. The molecule has 0 fully saturated rings. The molecule has 0 aliphatic heterocycles. The molecule has 1 aromatic carbocycles. The van der Waals surface area contributed by atoms with Crippen molar-refractivity contribution in [3.63, 3.8) is 0 Å². The number of hydrogen-bond donors (Lipinski definition) is 4. The topological polar surface area (TPSA) is 108 Å². The van der Waals surface area contributed by atoms with Crippen LogP contribution in [-0.4, -0.2) is 55.5 Å². The van der Waals surface area contributed by atoms with Gasteiger partial charge in [0.1, 0.15) is 11.8 Å². The van der Waals surface area contributed by atoms with Gasteiger partial charge in [0.15, 0.2) is 5.65 Å².